The highest BCUT2D eigenvalue weighted by molar-refractivity contribution is 6.46. The fourth-order valence-corrected chi connectivity index (χ4v) is 4.01. The Balaban J connectivity index is 1.91. The molecular formula is C24H20ClN3O5. The van der Waals surface area contributed by atoms with Gasteiger partial charge in [0.05, 0.1) is 48.7 Å². The molecule has 1 atom stereocenters. The molecule has 0 bridgehead atoms. The first-order valence-electron chi connectivity index (χ1n) is 9.96. The van der Waals surface area contributed by atoms with Crippen LogP contribution in [0.1, 0.15) is 22.9 Å². The van der Waals surface area contributed by atoms with Crippen LogP contribution < -0.4 is 9.47 Å². The zero-order valence-electron chi connectivity index (χ0n) is 17.9. The lowest BCUT2D eigenvalue weighted by molar-refractivity contribution is -0.140. The van der Waals surface area contributed by atoms with Crippen molar-refractivity contribution in [1.82, 2.24) is 14.9 Å². The molecule has 1 aliphatic rings. The topological polar surface area (TPSA) is 102 Å². The van der Waals surface area contributed by atoms with E-state index >= 15 is 0 Å². The van der Waals surface area contributed by atoms with Gasteiger partial charge in [0.15, 0.2) is 0 Å². The van der Waals surface area contributed by atoms with Gasteiger partial charge in [0.1, 0.15) is 17.3 Å². The van der Waals surface area contributed by atoms with Gasteiger partial charge in [-0.05, 0) is 29.8 Å². The summed E-state index contributed by atoms with van der Waals surface area (Å²) in [6, 6.07) is 10.8. The van der Waals surface area contributed by atoms with Crippen LogP contribution >= 0.6 is 11.6 Å². The molecule has 0 radical (unpaired) electrons. The minimum absolute atomic E-state index is 0.0723. The van der Waals surface area contributed by atoms with Crippen molar-refractivity contribution < 1.29 is 24.2 Å². The smallest absolute Gasteiger partial charge is 0.296 e. The summed E-state index contributed by atoms with van der Waals surface area (Å²) in [5, 5.41) is 11.6. The van der Waals surface area contributed by atoms with E-state index in [-0.39, 0.29) is 34.2 Å². The summed E-state index contributed by atoms with van der Waals surface area (Å²) < 4.78 is 10.6. The number of Topliss-reactive ketones (excluding diaryl/α,β-unsaturated/α-hetero) is 1. The van der Waals surface area contributed by atoms with Crippen LogP contribution in [0.2, 0.25) is 5.02 Å². The van der Waals surface area contributed by atoms with Crippen LogP contribution in [0.15, 0.2) is 66.6 Å². The van der Waals surface area contributed by atoms with Crippen LogP contribution in [0.4, 0.5) is 0 Å². The van der Waals surface area contributed by atoms with E-state index in [1.165, 1.54) is 31.3 Å². The summed E-state index contributed by atoms with van der Waals surface area (Å²) in [7, 11) is 2.84. The van der Waals surface area contributed by atoms with Crippen LogP contribution in [0.5, 0.6) is 11.5 Å². The van der Waals surface area contributed by atoms with Crippen molar-refractivity contribution in [1.29, 1.82) is 0 Å². The van der Waals surface area contributed by atoms with Gasteiger partial charge in [0.25, 0.3) is 11.7 Å². The molecule has 4 rings (SSSR count). The van der Waals surface area contributed by atoms with Gasteiger partial charge in [-0.1, -0.05) is 23.7 Å². The Morgan fingerprint density at radius 3 is 2.52 bits per heavy atom. The predicted octanol–water partition coefficient (Wildman–Crippen LogP) is 3.77. The second-order valence-electron chi connectivity index (χ2n) is 7.22. The number of aliphatic hydroxyl groups is 1. The Bertz CT molecular complexity index is 1230. The van der Waals surface area contributed by atoms with Crippen molar-refractivity contribution >= 4 is 29.1 Å². The van der Waals surface area contributed by atoms with Gasteiger partial charge in [-0.3, -0.25) is 19.6 Å². The molecule has 1 N–H and O–H groups in total. The summed E-state index contributed by atoms with van der Waals surface area (Å²) in [5.41, 5.74) is 1.24. The molecule has 2 aromatic heterocycles. The Hall–Kier alpha value is -3.91. The van der Waals surface area contributed by atoms with E-state index in [1.54, 1.807) is 48.9 Å². The number of aromatic nitrogens is 2. The second-order valence-corrected chi connectivity index (χ2v) is 7.63. The number of rotatable bonds is 6. The third kappa shape index (κ3) is 4.12. The van der Waals surface area contributed by atoms with E-state index in [0.29, 0.717) is 11.3 Å². The molecule has 1 aliphatic heterocycles. The van der Waals surface area contributed by atoms with Crippen molar-refractivity contribution in [2.24, 2.45) is 0 Å². The first-order chi connectivity index (χ1) is 16.0. The summed E-state index contributed by atoms with van der Waals surface area (Å²) in [5.74, 6) is -1.49. The maximum atomic E-state index is 13.2. The molecule has 168 valence electrons. The van der Waals surface area contributed by atoms with E-state index < -0.39 is 23.5 Å². The minimum atomic E-state index is -0.882. The van der Waals surface area contributed by atoms with Crippen molar-refractivity contribution in [2.45, 2.75) is 12.6 Å². The molecule has 33 heavy (non-hydrogen) atoms. The fourth-order valence-electron chi connectivity index (χ4n) is 3.78. The van der Waals surface area contributed by atoms with Gasteiger partial charge in [0, 0.05) is 24.7 Å². The highest BCUT2D eigenvalue weighted by Crippen LogP contribution is 2.43. The van der Waals surface area contributed by atoms with Gasteiger partial charge in [-0.2, -0.15) is 0 Å². The van der Waals surface area contributed by atoms with E-state index in [4.69, 9.17) is 21.1 Å². The summed E-state index contributed by atoms with van der Waals surface area (Å²) in [6.07, 6.45) is 4.74. The highest BCUT2D eigenvalue weighted by Gasteiger charge is 2.46. The third-order valence-corrected chi connectivity index (χ3v) is 5.62. The molecule has 0 aliphatic carbocycles. The number of methoxy groups -OCH3 is 2. The number of carbonyl (C=O) groups excluding carboxylic acids is 2. The van der Waals surface area contributed by atoms with Gasteiger partial charge < -0.3 is 19.5 Å². The SMILES string of the molecule is COc1cc(/C(O)=C2\C(=O)C(=O)N(Cc3ccccn3)C2c2cccnc2)c(OC)cc1Cl. The number of benzene rings is 1. The van der Waals surface area contributed by atoms with Gasteiger partial charge in [-0.15, -0.1) is 0 Å². The van der Waals surface area contributed by atoms with Crippen LogP contribution in [0.3, 0.4) is 0 Å². The predicted molar refractivity (Wildman–Crippen MR) is 121 cm³/mol. The second kappa shape index (κ2) is 9.30. The minimum Gasteiger partial charge on any atom is -0.507 e. The first-order valence-corrected chi connectivity index (χ1v) is 10.3. The van der Waals surface area contributed by atoms with Crippen molar-refractivity contribution in [2.75, 3.05) is 14.2 Å². The lowest BCUT2D eigenvalue weighted by Gasteiger charge is -2.25. The van der Waals surface area contributed by atoms with E-state index in [2.05, 4.69) is 9.97 Å². The van der Waals surface area contributed by atoms with Gasteiger partial charge >= 0.3 is 0 Å². The Morgan fingerprint density at radius 1 is 1.09 bits per heavy atom. The number of amides is 1. The van der Waals surface area contributed by atoms with E-state index in [1.807, 2.05) is 0 Å². The number of aliphatic hydroxyl groups excluding tert-OH is 1. The summed E-state index contributed by atoms with van der Waals surface area (Å²) >= 11 is 6.19. The molecule has 1 fully saturated rings. The number of ether oxygens (including phenoxy) is 2. The number of nitrogens with zero attached hydrogens (tertiary/aromatic N) is 3. The number of hydrogen-bond donors (Lipinski definition) is 1. The lowest BCUT2D eigenvalue weighted by Crippen LogP contribution is -2.29. The largest absolute Gasteiger partial charge is 0.507 e. The fraction of sp³-hybridized carbons (Fsp3) is 0.167. The van der Waals surface area contributed by atoms with Gasteiger partial charge in [0.2, 0.25) is 0 Å². The molecule has 1 unspecified atom stereocenters. The average molecular weight is 466 g/mol. The molecule has 3 heterocycles. The molecule has 0 saturated carbocycles. The van der Waals surface area contributed by atoms with E-state index in [9.17, 15) is 14.7 Å². The third-order valence-electron chi connectivity index (χ3n) is 5.33. The number of carbonyl (C=O) groups is 2. The number of halogens is 1. The Kier molecular flexibility index (Phi) is 6.28. The molecule has 1 aromatic carbocycles. The first kappa shape index (κ1) is 22.3. The Labute approximate surface area is 195 Å². The standard InChI is InChI=1S/C24H20ClN3O5/c1-32-18-11-17(25)19(33-2)10-16(18)22(29)20-21(14-6-5-8-26-12-14)28(24(31)23(20)30)13-15-7-3-4-9-27-15/h3-12,21,29H,13H2,1-2H3/b22-20+. The van der Waals surface area contributed by atoms with E-state index in [0.717, 1.165) is 0 Å². The maximum absolute atomic E-state index is 13.2. The summed E-state index contributed by atoms with van der Waals surface area (Å²) in [4.78, 5) is 36.0. The van der Waals surface area contributed by atoms with Crippen molar-refractivity contribution in [3.8, 4) is 11.5 Å². The monoisotopic (exact) mass is 465 g/mol. The highest BCUT2D eigenvalue weighted by atomic mass is 35.5. The van der Waals surface area contributed by atoms with Crippen LogP contribution in [0.25, 0.3) is 5.76 Å². The molecule has 3 aromatic rings. The maximum Gasteiger partial charge on any atom is 0.296 e. The van der Waals surface area contributed by atoms with Crippen LogP contribution in [0, 0.1) is 0 Å². The summed E-state index contributed by atoms with van der Waals surface area (Å²) in [6.45, 7) is 0.0723. The normalized spacial score (nSPS) is 17.3. The van der Waals surface area contributed by atoms with Crippen LogP contribution in [-0.4, -0.2) is 45.9 Å². The quantitative estimate of drug-likeness (QED) is 0.336. The molecule has 9 heteroatoms. The number of pyridine rings is 2. The van der Waals surface area contributed by atoms with Crippen molar-refractivity contribution in [3.63, 3.8) is 0 Å². The number of ketones is 1. The molecule has 1 saturated heterocycles. The zero-order chi connectivity index (χ0) is 23.5. The van der Waals surface area contributed by atoms with Crippen LogP contribution in [-0.2, 0) is 16.1 Å². The molecule has 8 nitrogen and oxygen atoms in total. The number of likely N-dealkylation sites (tertiary alicyclic amines) is 1. The van der Waals surface area contributed by atoms with Gasteiger partial charge in [-0.25, -0.2) is 0 Å². The molecule has 1 amide bonds. The molecular weight excluding hydrogens is 446 g/mol. The van der Waals surface area contributed by atoms with Crippen molar-refractivity contribution in [3.05, 3.63) is 88.5 Å². The molecule has 0 spiro atoms. The lowest BCUT2D eigenvalue weighted by atomic mass is 9.96. The number of hydrogen-bond acceptors (Lipinski definition) is 7. The average Bonchev–Trinajstić information content (AvgIpc) is 3.09. The zero-order valence-corrected chi connectivity index (χ0v) is 18.6. The Morgan fingerprint density at radius 2 is 1.88 bits per heavy atom.